The molecule has 0 aliphatic heterocycles. The highest BCUT2D eigenvalue weighted by Crippen LogP contribution is 2.15. The second-order valence-corrected chi connectivity index (χ2v) is 3.74. The second kappa shape index (κ2) is 4.66. The van der Waals surface area contributed by atoms with Crippen molar-refractivity contribution in [3.63, 3.8) is 0 Å². The number of carbonyl (C=O) groups excluding carboxylic acids is 1. The van der Waals surface area contributed by atoms with Gasteiger partial charge in [-0.3, -0.25) is 9.89 Å². The number of H-pyrrole nitrogens is 1. The number of hydrogen-bond donors (Lipinski definition) is 2. The van der Waals surface area contributed by atoms with Crippen LogP contribution in [0.3, 0.4) is 0 Å². The van der Waals surface area contributed by atoms with Gasteiger partial charge in [0.05, 0.1) is 23.9 Å². The first-order valence-electron chi connectivity index (χ1n) is 4.93. The number of anilines is 1. The molecular weight excluding hydrogens is 206 g/mol. The van der Waals surface area contributed by atoms with E-state index in [0.717, 1.165) is 0 Å². The summed E-state index contributed by atoms with van der Waals surface area (Å²) in [5.74, 6) is -0.274. The third-order valence-electron chi connectivity index (χ3n) is 2.57. The molecule has 1 rings (SSSR count). The topological polar surface area (TPSA) is 98.8 Å². The van der Waals surface area contributed by atoms with Gasteiger partial charge in [-0.05, 0) is 13.8 Å². The fourth-order valence-electron chi connectivity index (χ4n) is 1.24. The summed E-state index contributed by atoms with van der Waals surface area (Å²) in [7, 11) is 1.63. The van der Waals surface area contributed by atoms with Crippen LogP contribution in [0.5, 0.6) is 0 Å². The Labute approximate surface area is 94.0 Å². The smallest absolute Gasteiger partial charge is 0.276 e. The highest BCUT2D eigenvalue weighted by Gasteiger charge is 2.22. The molecule has 1 aromatic heterocycles. The molecule has 0 bridgehead atoms. The minimum atomic E-state index is -0.274. The molecule has 3 N–H and O–H groups in total. The summed E-state index contributed by atoms with van der Waals surface area (Å²) in [4.78, 5) is 13.4. The van der Waals surface area contributed by atoms with E-state index in [4.69, 9.17) is 11.0 Å². The highest BCUT2D eigenvalue weighted by atomic mass is 16.2. The van der Waals surface area contributed by atoms with Crippen LogP contribution in [-0.2, 0) is 0 Å². The number of aromatic nitrogens is 2. The molecule has 1 amide bonds. The SMILES string of the molecule is Cc1[nH]nc(C(=O)N(C)C(C)CC#N)c1N. The summed E-state index contributed by atoms with van der Waals surface area (Å²) in [6, 6.07) is 1.86. The minimum Gasteiger partial charge on any atom is -0.395 e. The Bertz CT molecular complexity index is 431. The first-order valence-corrected chi connectivity index (χ1v) is 4.93. The number of rotatable bonds is 3. The number of aromatic amines is 1. The molecule has 1 aromatic rings. The van der Waals surface area contributed by atoms with Gasteiger partial charge in [-0.25, -0.2) is 0 Å². The quantitative estimate of drug-likeness (QED) is 0.783. The molecule has 0 aromatic carbocycles. The second-order valence-electron chi connectivity index (χ2n) is 3.74. The molecule has 0 aliphatic rings. The Morgan fingerprint density at radius 2 is 2.38 bits per heavy atom. The Hall–Kier alpha value is -2.03. The van der Waals surface area contributed by atoms with Crippen molar-refractivity contribution in [2.75, 3.05) is 12.8 Å². The van der Waals surface area contributed by atoms with Gasteiger partial charge in [-0.1, -0.05) is 0 Å². The van der Waals surface area contributed by atoms with Crippen molar-refractivity contribution in [2.45, 2.75) is 26.3 Å². The summed E-state index contributed by atoms with van der Waals surface area (Å²) >= 11 is 0. The van der Waals surface area contributed by atoms with Crippen molar-refractivity contribution in [2.24, 2.45) is 0 Å². The Morgan fingerprint density at radius 1 is 1.75 bits per heavy atom. The lowest BCUT2D eigenvalue weighted by Gasteiger charge is -2.21. The van der Waals surface area contributed by atoms with Crippen molar-refractivity contribution >= 4 is 11.6 Å². The van der Waals surface area contributed by atoms with Crippen LogP contribution in [0.1, 0.15) is 29.5 Å². The summed E-state index contributed by atoms with van der Waals surface area (Å²) in [6.45, 7) is 3.55. The minimum absolute atomic E-state index is 0.158. The zero-order valence-electron chi connectivity index (χ0n) is 9.61. The standard InChI is InChI=1S/C10H15N5O/c1-6(4-5-11)15(3)10(16)9-8(12)7(2)13-14-9/h6H,4,12H2,1-3H3,(H,13,14). The van der Waals surface area contributed by atoms with Gasteiger partial charge in [-0.2, -0.15) is 10.4 Å². The summed E-state index contributed by atoms with van der Waals surface area (Å²) < 4.78 is 0. The zero-order valence-corrected chi connectivity index (χ0v) is 9.61. The van der Waals surface area contributed by atoms with Crippen molar-refractivity contribution in [3.05, 3.63) is 11.4 Å². The van der Waals surface area contributed by atoms with Gasteiger partial charge < -0.3 is 10.6 Å². The lowest BCUT2D eigenvalue weighted by molar-refractivity contribution is 0.0741. The molecule has 0 fully saturated rings. The summed E-state index contributed by atoms with van der Waals surface area (Å²) in [5.41, 5.74) is 6.95. The normalized spacial score (nSPS) is 11.9. The van der Waals surface area contributed by atoms with E-state index in [1.54, 1.807) is 20.9 Å². The highest BCUT2D eigenvalue weighted by molar-refractivity contribution is 5.97. The van der Waals surface area contributed by atoms with E-state index in [0.29, 0.717) is 11.4 Å². The van der Waals surface area contributed by atoms with Crippen LogP contribution >= 0.6 is 0 Å². The Morgan fingerprint density at radius 3 is 2.81 bits per heavy atom. The van der Waals surface area contributed by atoms with Crippen LogP contribution in [0.4, 0.5) is 5.69 Å². The van der Waals surface area contributed by atoms with Crippen molar-refractivity contribution in [1.82, 2.24) is 15.1 Å². The number of nitrogens with one attached hydrogen (secondary N) is 1. The van der Waals surface area contributed by atoms with E-state index in [1.807, 2.05) is 6.07 Å². The maximum atomic E-state index is 11.9. The van der Waals surface area contributed by atoms with Crippen molar-refractivity contribution < 1.29 is 4.79 Å². The van der Waals surface area contributed by atoms with Gasteiger partial charge in [0.25, 0.3) is 5.91 Å². The number of nitriles is 1. The number of nitrogens with two attached hydrogens (primary N) is 1. The third-order valence-corrected chi connectivity index (χ3v) is 2.57. The van der Waals surface area contributed by atoms with Gasteiger partial charge in [0.1, 0.15) is 0 Å². The Kier molecular flexibility index (Phi) is 3.51. The molecular formula is C10H15N5O. The summed E-state index contributed by atoms with van der Waals surface area (Å²) in [5, 5.41) is 15.1. The number of nitrogens with zero attached hydrogens (tertiary/aromatic N) is 3. The maximum Gasteiger partial charge on any atom is 0.276 e. The predicted molar refractivity (Wildman–Crippen MR) is 59.5 cm³/mol. The molecule has 0 saturated carbocycles. The first kappa shape index (κ1) is 12.0. The lowest BCUT2D eigenvalue weighted by atomic mass is 10.2. The van der Waals surface area contributed by atoms with Gasteiger partial charge in [0.2, 0.25) is 0 Å². The number of amides is 1. The van der Waals surface area contributed by atoms with E-state index in [1.165, 1.54) is 4.90 Å². The fraction of sp³-hybridized carbons (Fsp3) is 0.500. The maximum absolute atomic E-state index is 11.9. The van der Waals surface area contributed by atoms with Crippen LogP contribution in [0.15, 0.2) is 0 Å². The third kappa shape index (κ3) is 2.14. The molecule has 1 heterocycles. The molecule has 0 radical (unpaired) electrons. The van der Waals surface area contributed by atoms with E-state index >= 15 is 0 Å². The van der Waals surface area contributed by atoms with E-state index in [-0.39, 0.29) is 24.1 Å². The molecule has 6 nitrogen and oxygen atoms in total. The number of nitrogen functional groups attached to an aromatic ring is 1. The predicted octanol–water partition coefficient (Wildman–Crippen LogP) is 0.674. The average Bonchev–Trinajstić information content (AvgIpc) is 2.58. The largest absolute Gasteiger partial charge is 0.395 e. The average molecular weight is 221 g/mol. The molecule has 16 heavy (non-hydrogen) atoms. The molecule has 0 aliphatic carbocycles. The Balaban J connectivity index is 2.87. The van der Waals surface area contributed by atoms with Gasteiger partial charge in [0, 0.05) is 13.1 Å². The van der Waals surface area contributed by atoms with Crippen LogP contribution in [0.2, 0.25) is 0 Å². The van der Waals surface area contributed by atoms with Gasteiger partial charge in [0.15, 0.2) is 5.69 Å². The number of aryl methyl sites for hydroxylation is 1. The van der Waals surface area contributed by atoms with Gasteiger partial charge in [-0.15, -0.1) is 0 Å². The summed E-state index contributed by atoms with van der Waals surface area (Å²) in [6.07, 6.45) is 0.283. The van der Waals surface area contributed by atoms with E-state index in [9.17, 15) is 4.79 Å². The van der Waals surface area contributed by atoms with Crippen LogP contribution in [0.25, 0.3) is 0 Å². The lowest BCUT2D eigenvalue weighted by Crippen LogP contribution is -2.35. The van der Waals surface area contributed by atoms with Crippen LogP contribution < -0.4 is 5.73 Å². The van der Waals surface area contributed by atoms with Crippen molar-refractivity contribution in [3.8, 4) is 6.07 Å². The molecule has 86 valence electrons. The molecule has 6 heteroatoms. The van der Waals surface area contributed by atoms with Gasteiger partial charge >= 0.3 is 0 Å². The fourth-order valence-corrected chi connectivity index (χ4v) is 1.24. The van der Waals surface area contributed by atoms with Crippen LogP contribution in [0, 0.1) is 18.3 Å². The number of carbonyl (C=O) groups is 1. The molecule has 1 unspecified atom stereocenters. The van der Waals surface area contributed by atoms with Crippen molar-refractivity contribution in [1.29, 1.82) is 5.26 Å². The van der Waals surface area contributed by atoms with Crippen LogP contribution in [-0.4, -0.2) is 34.1 Å². The molecule has 0 spiro atoms. The monoisotopic (exact) mass is 221 g/mol. The van der Waals surface area contributed by atoms with E-state index in [2.05, 4.69) is 10.2 Å². The van der Waals surface area contributed by atoms with E-state index < -0.39 is 0 Å². The number of hydrogen-bond acceptors (Lipinski definition) is 4. The molecule has 0 saturated heterocycles. The zero-order chi connectivity index (χ0) is 12.3. The molecule has 1 atom stereocenters. The first-order chi connectivity index (χ1) is 7.49.